The molecule has 0 aliphatic carbocycles. The normalized spacial score (nSPS) is 26.3. The van der Waals surface area contributed by atoms with Gasteiger partial charge < -0.3 is 15.0 Å². The lowest BCUT2D eigenvalue weighted by molar-refractivity contribution is -0.130. The number of rotatable bonds is 4. The van der Waals surface area contributed by atoms with Crippen LogP contribution in [0.15, 0.2) is 0 Å². The minimum atomic E-state index is -0.121. The van der Waals surface area contributed by atoms with Crippen molar-refractivity contribution in [2.45, 2.75) is 31.3 Å². The Morgan fingerprint density at radius 1 is 1.53 bits per heavy atom. The highest BCUT2D eigenvalue weighted by Crippen LogP contribution is 2.25. The molecule has 1 saturated heterocycles. The second-order valence-corrected chi connectivity index (χ2v) is 4.46. The van der Waals surface area contributed by atoms with Gasteiger partial charge in [0, 0.05) is 34.2 Å². The molecule has 1 unspecified atom stereocenters. The first kappa shape index (κ1) is 12.5. The summed E-state index contributed by atoms with van der Waals surface area (Å²) in [7, 11) is 5.33. The van der Waals surface area contributed by atoms with Crippen molar-refractivity contribution in [1.29, 1.82) is 0 Å². The number of nitrogens with one attached hydrogen (secondary N) is 1. The molecule has 0 aromatic carbocycles. The number of hydrogen-bond donors (Lipinski definition) is 1. The van der Waals surface area contributed by atoms with Crippen LogP contribution in [-0.2, 0) is 9.53 Å². The summed E-state index contributed by atoms with van der Waals surface area (Å²) in [6.45, 7) is 1.93. The maximum atomic E-state index is 11.5. The average Bonchev–Trinajstić information content (AvgIpc) is 2.27. The second-order valence-electron chi connectivity index (χ2n) is 4.46. The summed E-state index contributed by atoms with van der Waals surface area (Å²) in [4.78, 5) is 13.1. The van der Waals surface area contributed by atoms with E-state index in [1.807, 2.05) is 0 Å². The Labute approximate surface area is 92.0 Å². The molecule has 4 heteroatoms. The van der Waals surface area contributed by atoms with E-state index >= 15 is 0 Å². The molecule has 1 aliphatic heterocycles. The lowest BCUT2D eigenvalue weighted by atomic mass is 9.89. The zero-order valence-corrected chi connectivity index (χ0v) is 10.0. The zero-order chi connectivity index (χ0) is 11.3. The number of carbonyl (C=O) groups excluding carboxylic acids is 1. The molecule has 0 aromatic rings. The Kier molecular flexibility index (Phi) is 4.54. The van der Waals surface area contributed by atoms with E-state index in [1.165, 1.54) is 0 Å². The summed E-state index contributed by atoms with van der Waals surface area (Å²) >= 11 is 0. The van der Waals surface area contributed by atoms with Gasteiger partial charge in [-0.3, -0.25) is 4.79 Å². The molecule has 0 bridgehead atoms. The molecular formula is C11H22N2O2. The van der Waals surface area contributed by atoms with Gasteiger partial charge >= 0.3 is 0 Å². The van der Waals surface area contributed by atoms with Crippen molar-refractivity contribution in [3.63, 3.8) is 0 Å². The SMILES string of the molecule is COC1(CCC(=O)N(C)C)CCCNC1. The van der Waals surface area contributed by atoms with E-state index in [4.69, 9.17) is 4.74 Å². The first-order chi connectivity index (χ1) is 7.09. The van der Waals surface area contributed by atoms with Crippen molar-refractivity contribution >= 4 is 5.91 Å². The molecule has 88 valence electrons. The standard InChI is InChI=1S/C11H22N2O2/c1-13(2)10(14)5-7-11(15-3)6-4-8-12-9-11/h12H,4-9H2,1-3H3. The van der Waals surface area contributed by atoms with Crippen molar-refractivity contribution < 1.29 is 9.53 Å². The molecular weight excluding hydrogens is 192 g/mol. The zero-order valence-electron chi connectivity index (χ0n) is 10.0. The van der Waals surface area contributed by atoms with Crippen molar-refractivity contribution in [3.8, 4) is 0 Å². The summed E-state index contributed by atoms with van der Waals surface area (Å²) in [5, 5.41) is 3.33. The fourth-order valence-corrected chi connectivity index (χ4v) is 1.99. The lowest BCUT2D eigenvalue weighted by Gasteiger charge is -2.36. The van der Waals surface area contributed by atoms with Crippen molar-refractivity contribution in [2.24, 2.45) is 0 Å². The first-order valence-electron chi connectivity index (χ1n) is 5.56. The number of piperidine rings is 1. The molecule has 15 heavy (non-hydrogen) atoms. The minimum Gasteiger partial charge on any atom is -0.377 e. The number of amides is 1. The van der Waals surface area contributed by atoms with Crippen LogP contribution in [0.4, 0.5) is 0 Å². The topological polar surface area (TPSA) is 41.6 Å². The molecule has 0 radical (unpaired) electrons. The molecule has 1 aliphatic rings. The monoisotopic (exact) mass is 214 g/mol. The van der Waals surface area contributed by atoms with Gasteiger partial charge in [0.1, 0.15) is 0 Å². The molecule has 0 spiro atoms. The fourth-order valence-electron chi connectivity index (χ4n) is 1.99. The second kappa shape index (κ2) is 5.47. The van der Waals surface area contributed by atoms with Gasteiger partial charge in [0.15, 0.2) is 0 Å². The number of methoxy groups -OCH3 is 1. The maximum absolute atomic E-state index is 11.5. The van der Waals surface area contributed by atoms with Crippen LogP contribution in [0.5, 0.6) is 0 Å². The Morgan fingerprint density at radius 2 is 2.27 bits per heavy atom. The number of nitrogens with zero attached hydrogens (tertiary/aromatic N) is 1. The van der Waals surface area contributed by atoms with Gasteiger partial charge in [0.05, 0.1) is 5.60 Å². The summed E-state index contributed by atoms with van der Waals surface area (Å²) in [5.41, 5.74) is -0.121. The molecule has 1 rings (SSSR count). The molecule has 0 saturated carbocycles. The minimum absolute atomic E-state index is 0.121. The third-order valence-corrected chi connectivity index (χ3v) is 3.16. The van der Waals surface area contributed by atoms with E-state index in [1.54, 1.807) is 26.1 Å². The van der Waals surface area contributed by atoms with Crippen LogP contribution in [0, 0.1) is 0 Å². The fraction of sp³-hybridized carbons (Fsp3) is 0.909. The van der Waals surface area contributed by atoms with Crippen molar-refractivity contribution in [3.05, 3.63) is 0 Å². The van der Waals surface area contributed by atoms with E-state index in [0.29, 0.717) is 6.42 Å². The van der Waals surface area contributed by atoms with Crippen LogP contribution in [0.1, 0.15) is 25.7 Å². The molecule has 0 aromatic heterocycles. The lowest BCUT2D eigenvalue weighted by Crippen LogP contribution is -2.47. The van der Waals surface area contributed by atoms with E-state index < -0.39 is 0 Å². The third kappa shape index (κ3) is 3.47. The number of hydrogen-bond acceptors (Lipinski definition) is 3. The largest absolute Gasteiger partial charge is 0.377 e. The van der Waals surface area contributed by atoms with Gasteiger partial charge in [-0.25, -0.2) is 0 Å². The van der Waals surface area contributed by atoms with E-state index in [-0.39, 0.29) is 11.5 Å². The number of ether oxygens (including phenoxy) is 1. The Morgan fingerprint density at radius 3 is 2.73 bits per heavy atom. The molecule has 1 heterocycles. The smallest absolute Gasteiger partial charge is 0.222 e. The van der Waals surface area contributed by atoms with Crippen LogP contribution in [0.2, 0.25) is 0 Å². The van der Waals surface area contributed by atoms with Crippen molar-refractivity contribution in [2.75, 3.05) is 34.3 Å². The molecule has 1 atom stereocenters. The van der Waals surface area contributed by atoms with Crippen molar-refractivity contribution in [1.82, 2.24) is 10.2 Å². The quantitative estimate of drug-likeness (QED) is 0.746. The van der Waals surface area contributed by atoms with Crippen LogP contribution in [0.3, 0.4) is 0 Å². The summed E-state index contributed by atoms with van der Waals surface area (Å²) < 4.78 is 5.58. The van der Waals surface area contributed by atoms with Crippen LogP contribution in [0.25, 0.3) is 0 Å². The molecule has 1 N–H and O–H groups in total. The van der Waals surface area contributed by atoms with E-state index in [2.05, 4.69) is 5.32 Å². The third-order valence-electron chi connectivity index (χ3n) is 3.16. The van der Waals surface area contributed by atoms with E-state index in [9.17, 15) is 4.79 Å². The summed E-state index contributed by atoms with van der Waals surface area (Å²) in [5.74, 6) is 0.178. The van der Waals surface area contributed by atoms with Gasteiger partial charge in [-0.15, -0.1) is 0 Å². The average molecular weight is 214 g/mol. The van der Waals surface area contributed by atoms with Gasteiger partial charge in [-0.1, -0.05) is 0 Å². The van der Waals surface area contributed by atoms with Gasteiger partial charge in [0.25, 0.3) is 0 Å². The maximum Gasteiger partial charge on any atom is 0.222 e. The van der Waals surface area contributed by atoms with Crippen LogP contribution < -0.4 is 5.32 Å². The summed E-state index contributed by atoms with van der Waals surface area (Å²) in [6, 6.07) is 0. The predicted octanol–water partition coefficient (Wildman–Crippen LogP) is 0.623. The van der Waals surface area contributed by atoms with Crippen LogP contribution in [-0.4, -0.2) is 50.7 Å². The molecule has 1 amide bonds. The number of carbonyl (C=O) groups is 1. The Bertz CT molecular complexity index is 211. The predicted molar refractivity (Wildman–Crippen MR) is 59.8 cm³/mol. The Balaban J connectivity index is 2.42. The highest BCUT2D eigenvalue weighted by molar-refractivity contribution is 5.75. The van der Waals surface area contributed by atoms with Gasteiger partial charge in [-0.2, -0.15) is 0 Å². The summed E-state index contributed by atoms with van der Waals surface area (Å²) in [6.07, 6.45) is 3.57. The van der Waals surface area contributed by atoms with Crippen LogP contribution >= 0.6 is 0 Å². The molecule has 4 nitrogen and oxygen atoms in total. The molecule has 1 fully saturated rings. The van der Waals surface area contributed by atoms with Gasteiger partial charge in [0.2, 0.25) is 5.91 Å². The first-order valence-corrected chi connectivity index (χ1v) is 5.56. The highest BCUT2D eigenvalue weighted by atomic mass is 16.5. The van der Waals surface area contributed by atoms with E-state index in [0.717, 1.165) is 32.4 Å². The Hall–Kier alpha value is -0.610. The highest BCUT2D eigenvalue weighted by Gasteiger charge is 2.32. The van der Waals surface area contributed by atoms with Gasteiger partial charge in [-0.05, 0) is 25.8 Å².